The van der Waals surface area contributed by atoms with Gasteiger partial charge in [0.15, 0.2) is 5.78 Å². The van der Waals surface area contributed by atoms with E-state index in [4.69, 9.17) is 0 Å². The van der Waals surface area contributed by atoms with Crippen molar-refractivity contribution >= 4 is 18.4 Å². The SMILES string of the molecule is Cc1ccc(C(=O)CS)cc1C. The van der Waals surface area contributed by atoms with Crippen LogP contribution < -0.4 is 0 Å². The molecule has 1 rings (SSSR count). The molecule has 0 aliphatic heterocycles. The summed E-state index contributed by atoms with van der Waals surface area (Å²) in [6, 6.07) is 5.72. The molecule has 0 bridgehead atoms. The molecule has 0 amide bonds. The lowest BCUT2D eigenvalue weighted by Gasteiger charge is -2.02. The zero-order valence-corrected chi connectivity index (χ0v) is 8.19. The van der Waals surface area contributed by atoms with Crippen molar-refractivity contribution in [3.8, 4) is 0 Å². The van der Waals surface area contributed by atoms with Gasteiger partial charge in [0, 0.05) is 5.56 Å². The van der Waals surface area contributed by atoms with Crippen LogP contribution in [0, 0.1) is 13.8 Å². The Morgan fingerprint density at radius 2 is 2.00 bits per heavy atom. The number of hydrogen-bond donors (Lipinski definition) is 1. The molecule has 0 atom stereocenters. The predicted molar refractivity (Wildman–Crippen MR) is 54.1 cm³/mol. The maximum absolute atomic E-state index is 11.2. The largest absolute Gasteiger partial charge is 0.293 e. The molecule has 12 heavy (non-hydrogen) atoms. The second kappa shape index (κ2) is 3.76. The molecule has 0 fully saturated rings. The van der Waals surface area contributed by atoms with Crippen molar-refractivity contribution in [3.63, 3.8) is 0 Å². The normalized spacial score (nSPS) is 9.92. The Labute approximate surface area is 78.2 Å². The zero-order valence-electron chi connectivity index (χ0n) is 7.29. The van der Waals surface area contributed by atoms with Crippen LogP contribution in [0.1, 0.15) is 21.5 Å². The smallest absolute Gasteiger partial charge is 0.172 e. The van der Waals surface area contributed by atoms with Gasteiger partial charge in [-0.3, -0.25) is 4.79 Å². The van der Waals surface area contributed by atoms with Crippen LogP contribution in [0.15, 0.2) is 18.2 Å². The zero-order chi connectivity index (χ0) is 9.14. The third-order valence-corrected chi connectivity index (χ3v) is 2.26. The molecule has 0 aliphatic rings. The van der Waals surface area contributed by atoms with E-state index < -0.39 is 0 Å². The summed E-state index contributed by atoms with van der Waals surface area (Å²) in [4.78, 5) is 11.2. The third kappa shape index (κ3) is 1.89. The van der Waals surface area contributed by atoms with E-state index in [-0.39, 0.29) is 11.5 Å². The molecule has 0 aliphatic carbocycles. The molecule has 0 radical (unpaired) electrons. The van der Waals surface area contributed by atoms with E-state index in [1.807, 2.05) is 32.0 Å². The van der Waals surface area contributed by atoms with Gasteiger partial charge in [0.2, 0.25) is 0 Å². The van der Waals surface area contributed by atoms with Gasteiger partial charge >= 0.3 is 0 Å². The lowest BCUT2D eigenvalue weighted by molar-refractivity contribution is 0.102. The summed E-state index contributed by atoms with van der Waals surface area (Å²) in [7, 11) is 0. The number of hydrogen-bond acceptors (Lipinski definition) is 2. The van der Waals surface area contributed by atoms with Crippen LogP contribution in [-0.4, -0.2) is 11.5 Å². The molecule has 1 aromatic carbocycles. The molecule has 0 heterocycles. The minimum atomic E-state index is 0.0847. The second-order valence-corrected chi connectivity index (χ2v) is 3.20. The van der Waals surface area contributed by atoms with E-state index in [0.29, 0.717) is 0 Å². The van der Waals surface area contributed by atoms with E-state index in [2.05, 4.69) is 12.6 Å². The summed E-state index contributed by atoms with van der Waals surface area (Å²) >= 11 is 3.94. The van der Waals surface area contributed by atoms with Gasteiger partial charge in [-0.15, -0.1) is 0 Å². The standard InChI is InChI=1S/C10H12OS/c1-7-3-4-9(5-8(7)2)10(11)6-12/h3-5,12H,6H2,1-2H3. The summed E-state index contributed by atoms with van der Waals surface area (Å²) in [5.41, 5.74) is 3.13. The van der Waals surface area contributed by atoms with E-state index in [1.54, 1.807) is 0 Å². The van der Waals surface area contributed by atoms with Gasteiger partial charge in [-0.25, -0.2) is 0 Å². The lowest BCUT2D eigenvalue weighted by Crippen LogP contribution is -2.00. The fourth-order valence-corrected chi connectivity index (χ4v) is 1.19. The van der Waals surface area contributed by atoms with Gasteiger partial charge in [0.25, 0.3) is 0 Å². The number of benzene rings is 1. The van der Waals surface area contributed by atoms with Crippen LogP contribution in [0.25, 0.3) is 0 Å². The first-order valence-electron chi connectivity index (χ1n) is 3.86. The molecule has 2 heteroatoms. The van der Waals surface area contributed by atoms with Crippen molar-refractivity contribution in [2.24, 2.45) is 0 Å². The topological polar surface area (TPSA) is 17.1 Å². The molecule has 0 saturated heterocycles. The molecule has 0 saturated carbocycles. The van der Waals surface area contributed by atoms with Gasteiger partial charge in [0.1, 0.15) is 0 Å². The second-order valence-electron chi connectivity index (χ2n) is 2.88. The first-order chi connectivity index (χ1) is 5.65. The Morgan fingerprint density at radius 3 is 2.50 bits per heavy atom. The molecule has 64 valence electrons. The number of thiol groups is 1. The average molecular weight is 180 g/mol. The highest BCUT2D eigenvalue weighted by Crippen LogP contribution is 2.10. The number of ketones is 1. The predicted octanol–water partition coefficient (Wildman–Crippen LogP) is 2.42. The number of carbonyl (C=O) groups is 1. The van der Waals surface area contributed by atoms with Crippen molar-refractivity contribution in [1.82, 2.24) is 0 Å². The van der Waals surface area contributed by atoms with Crippen LogP contribution in [0.2, 0.25) is 0 Å². The maximum Gasteiger partial charge on any atom is 0.172 e. The Hall–Kier alpha value is -0.760. The van der Waals surface area contributed by atoms with Crippen LogP contribution in [0.3, 0.4) is 0 Å². The Balaban J connectivity index is 3.05. The minimum Gasteiger partial charge on any atom is -0.293 e. The summed E-state index contributed by atoms with van der Waals surface area (Å²) in [5.74, 6) is 0.365. The van der Waals surface area contributed by atoms with Crippen LogP contribution in [0.4, 0.5) is 0 Å². The Morgan fingerprint density at radius 1 is 1.33 bits per heavy atom. The Bertz CT molecular complexity index is 305. The highest BCUT2D eigenvalue weighted by atomic mass is 32.1. The van der Waals surface area contributed by atoms with Gasteiger partial charge < -0.3 is 0 Å². The van der Waals surface area contributed by atoms with Gasteiger partial charge in [-0.05, 0) is 31.0 Å². The lowest BCUT2D eigenvalue weighted by atomic mass is 10.0. The number of carbonyl (C=O) groups excluding carboxylic acids is 1. The van der Waals surface area contributed by atoms with Crippen molar-refractivity contribution in [2.45, 2.75) is 13.8 Å². The molecular weight excluding hydrogens is 168 g/mol. The molecular formula is C10H12OS. The van der Waals surface area contributed by atoms with Crippen LogP contribution >= 0.6 is 12.6 Å². The first-order valence-corrected chi connectivity index (χ1v) is 4.49. The van der Waals surface area contributed by atoms with Crippen molar-refractivity contribution in [1.29, 1.82) is 0 Å². The van der Waals surface area contributed by atoms with E-state index in [0.717, 1.165) is 11.1 Å². The molecule has 0 spiro atoms. The van der Waals surface area contributed by atoms with E-state index in [9.17, 15) is 4.79 Å². The summed E-state index contributed by atoms with van der Waals surface area (Å²) < 4.78 is 0. The average Bonchev–Trinajstić information content (AvgIpc) is 2.08. The summed E-state index contributed by atoms with van der Waals surface area (Å²) in [6.07, 6.45) is 0. The molecule has 0 aromatic heterocycles. The van der Waals surface area contributed by atoms with Crippen LogP contribution in [-0.2, 0) is 0 Å². The van der Waals surface area contributed by atoms with E-state index in [1.165, 1.54) is 5.56 Å². The van der Waals surface area contributed by atoms with Gasteiger partial charge in [0.05, 0.1) is 5.75 Å². The third-order valence-electron chi connectivity index (χ3n) is 1.97. The highest BCUT2D eigenvalue weighted by molar-refractivity contribution is 7.81. The molecule has 0 unspecified atom stereocenters. The minimum absolute atomic E-state index is 0.0847. The Kier molecular flexibility index (Phi) is 2.93. The molecule has 0 N–H and O–H groups in total. The maximum atomic E-state index is 11.2. The van der Waals surface area contributed by atoms with Crippen molar-refractivity contribution < 1.29 is 4.79 Å². The number of rotatable bonds is 2. The molecule has 1 nitrogen and oxygen atoms in total. The van der Waals surface area contributed by atoms with E-state index >= 15 is 0 Å². The monoisotopic (exact) mass is 180 g/mol. The van der Waals surface area contributed by atoms with Crippen LogP contribution in [0.5, 0.6) is 0 Å². The first kappa shape index (κ1) is 9.33. The van der Waals surface area contributed by atoms with Crippen molar-refractivity contribution in [2.75, 3.05) is 5.75 Å². The number of aryl methyl sites for hydroxylation is 2. The van der Waals surface area contributed by atoms with Gasteiger partial charge in [-0.2, -0.15) is 12.6 Å². The number of Topliss-reactive ketones (excluding diaryl/α,β-unsaturated/α-hetero) is 1. The highest BCUT2D eigenvalue weighted by Gasteiger charge is 2.03. The summed E-state index contributed by atoms with van der Waals surface area (Å²) in [5, 5.41) is 0. The fourth-order valence-electron chi connectivity index (χ4n) is 1.01. The summed E-state index contributed by atoms with van der Waals surface area (Å²) in [6.45, 7) is 4.04. The fraction of sp³-hybridized carbons (Fsp3) is 0.300. The van der Waals surface area contributed by atoms with Gasteiger partial charge in [-0.1, -0.05) is 12.1 Å². The quantitative estimate of drug-likeness (QED) is 0.546. The van der Waals surface area contributed by atoms with Crippen molar-refractivity contribution in [3.05, 3.63) is 34.9 Å². The molecule has 1 aromatic rings.